The average Bonchev–Trinajstić information content (AvgIpc) is 2.59. The molecule has 0 saturated carbocycles. The molecule has 1 N–H and O–H groups in total. The molecule has 0 atom stereocenters. The summed E-state index contributed by atoms with van der Waals surface area (Å²) in [7, 11) is 1.68. The Labute approximate surface area is 106 Å². The van der Waals surface area contributed by atoms with Crippen LogP contribution in [0.2, 0.25) is 0 Å². The fraction of sp³-hybridized carbons (Fsp3) is 0.429. The second-order valence-electron chi connectivity index (χ2n) is 4.45. The number of unbranched alkanes of at least 4 members (excludes halogenated alkanes) is 1. The standard InChI is InChI=1S/C14H18FNO2/c1-10-14(17)12-6-5-11(15)9-13(12)16(10)7-3-4-8-18-2/h5-6,9,17H,3-4,7-8H2,1-2H3. The Morgan fingerprint density at radius 2 is 2.11 bits per heavy atom. The maximum absolute atomic E-state index is 13.3. The van der Waals surface area contributed by atoms with E-state index in [-0.39, 0.29) is 11.6 Å². The first-order valence-electron chi connectivity index (χ1n) is 6.11. The van der Waals surface area contributed by atoms with E-state index < -0.39 is 0 Å². The molecule has 3 nitrogen and oxygen atoms in total. The van der Waals surface area contributed by atoms with Crippen molar-refractivity contribution in [3.05, 3.63) is 29.7 Å². The van der Waals surface area contributed by atoms with Crippen LogP contribution in [0.3, 0.4) is 0 Å². The highest BCUT2D eigenvalue weighted by Crippen LogP contribution is 2.32. The molecule has 0 spiro atoms. The van der Waals surface area contributed by atoms with E-state index in [0.717, 1.165) is 37.2 Å². The summed E-state index contributed by atoms with van der Waals surface area (Å²) in [4.78, 5) is 0. The van der Waals surface area contributed by atoms with Gasteiger partial charge in [0.25, 0.3) is 0 Å². The number of aromatic hydroxyl groups is 1. The molecule has 1 aromatic heterocycles. The number of rotatable bonds is 5. The van der Waals surface area contributed by atoms with E-state index in [9.17, 15) is 9.50 Å². The molecule has 0 bridgehead atoms. The number of methoxy groups -OCH3 is 1. The predicted molar refractivity (Wildman–Crippen MR) is 69.4 cm³/mol. The second-order valence-corrected chi connectivity index (χ2v) is 4.45. The third kappa shape index (κ3) is 2.34. The lowest BCUT2D eigenvalue weighted by atomic mass is 10.2. The zero-order valence-electron chi connectivity index (χ0n) is 10.7. The predicted octanol–water partition coefficient (Wildman–Crippen LogP) is 3.22. The van der Waals surface area contributed by atoms with Gasteiger partial charge >= 0.3 is 0 Å². The SMILES string of the molecule is COCCCCn1c(C)c(O)c2ccc(F)cc21. The zero-order valence-corrected chi connectivity index (χ0v) is 10.7. The first-order chi connectivity index (χ1) is 8.65. The van der Waals surface area contributed by atoms with Crippen LogP contribution in [0.4, 0.5) is 4.39 Å². The summed E-state index contributed by atoms with van der Waals surface area (Å²) in [6.07, 6.45) is 1.89. The van der Waals surface area contributed by atoms with E-state index in [1.165, 1.54) is 12.1 Å². The Morgan fingerprint density at radius 1 is 1.33 bits per heavy atom. The Morgan fingerprint density at radius 3 is 2.83 bits per heavy atom. The second kappa shape index (κ2) is 5.40. The molecule has 2 rings (SSSR count). The maximum atomic E-state index is 13.3. The summed E-state index contributed by atoms with van der Waals surface area (Å²) in [5.74, 6) is -0.0325. The molecule has 2 aromatic rings. The van der Waals surface area contributed by atoms with Gasteiger partial charge in [-0.2, -0.15) is 0 Å². The van der Waals surface area contributed by atoms with Crippen molar-refractivity contribution < 1.29 is 14.2 Å². The van der Waals surface area contributed by atoms with Crippen LogP contribution in [0.25, 0.3) is 10.9 Å². The van der Waals surface area contributed by atoms with Gasteiger partial charge in [-0.05, 0) is 38.0 Å². The van der Waals surface area contributed by atoms with Gasteiger partial charge in [-0.25, -0.2) is 4.39 Å². The Hall–Kier alpha value is -1.55. The molecule has 0 aliphatic rings. The number of ether oxygens (including phenoxy) is 1. The highest BCUT2D eigenvalue weighted by Gasteiger charge is 2.13. The molecule has 0 aliphatic heterocycles. The first-order valence-corrected chi connectivity index (χ1v) is 6.11. The van der Waals surface area contributed by atoms with Gasteiger partial charge < -0.3 is 14.4 Å². The van der Waals surface area contributed by atoms with E-state index in [0.29, 0.717) is 5.39 Å². The fourth-order valence-electron chi connectivity index (χ4n) is 2.24. The smallest absolute Gasteiger partial charge is 0.144 e. The van der Waals surface area contributed by atoms with Crippen LogP contribution in [0.1, 0.15) is 18.5 Å². The Bertz CT molecular complexity index is 548. The normalized spacial score (nSPS) is 11.3. The lowest BCUT2D eigenvalue weighted by Crippen LogP contribution is -2.01. The van der Waals surface area contributed by atoms with Crippen molar-refractivity contribution >= 4 is 10.9 Å². The Kier molecular flexibility index (Phi) is 3.87. The summed E-state index contributed by atoms with van der Waals surface area (Å²) in [6.45, 7) is 3.33. The molecule has 0 amide bonds. The van der Waals surface area contributed by atoms with Crippen LogP contribution in [-0.4, -0.2) is 23.4 Å². The summed E-state index contributed by atoms with van der Waals surface area (Å²) >= 11 is 0. The topological polar surface area (TPSA) is 34.4 Å². The lowest BCUT2D eigenvalue weighted by molar-refractivity contribution is 0.191. The lowest BCUT2D eigenvalue weighted by Gasteiger charge is -2.07. The third-order valence-corrected chi connectivity index (χ3v) is 3.23. The van der Waals surface area contributed by atoms with Crippen LogP contribution < -0.4 is 0 Å². The third-order valence-electron chi connectivity index (χ3n) is 3.23. The van der Waals surface area contributed by atoms with Crippen LogP contribution in [-0.2, 0) is 11.3 Å². The number of nitrogens with zero attached hydrogens (tertiary/aromatic N) is 1. The highest BCUT2D eigenvalue weighted by molar-refractivity contribution is 5.88. The van der Waals surface area contributed by atoms with Gasteiger partial charge in [-0.1, -0.05) is 0 Å². The van der Waals surface area contributed by atoms with Gasteiger partial charge in [0.15, 0.2) is 0 Å². The van der Waals surface area contributed by atoms with Crippen molar-refractivity contribution in [2.24, 2.45) is 0 Å². The number of aromatic nitrogens is 1. The number of hydrogen-bond donors (Lipinski definition) is 1. The van der Waals surface area contributed by atoms with E-state index in [1.807, 2.05) is 11.5 Å². The minimum atomic E-state index is -0.279. The van der Waals surface area contributed by atoms with Crippen molar-refractivity contribution in [3.63, 3.8) is 0 Å². The molecule has 0 unspecified atom stereocenters. The summed E-state index contributed by atoms with van der Waals surface area (Å²) in [5.41, 5.74) is 1.54. The molecule has 0 aliphatic carbocycles. The van der Waals surface area contributed by atoms with Gasteiger partial charge in [-0.3, -0.25) is 0 Å². The van der Waals surface area contributed by atoms with Gasteiger partial charge in [-0.15, -0.1) is 0 Å². The molecule has 1 heterocycles. The minimum Gasteiger partial charge on any atom is -0.505 e. The first kappa shape index (κ1) is 12.9. The highest BCUT2D eigenvalue weighted by atomic mass is 19.1. The van der Waals surface area contributed by atoms with Gasteiger partial charge in [0.05, 0.1) is 11.2 Å². The molecule has 0 fully saturated rings. The number of fused-ring (bicyclic) bond motifs is 1. The van der Waals surface area contributed by atoms with Crippen molar-refractivity contribution in [2.45, 2.75) is 26.3 Å². The number of hydrogen-bond acceptors (Lipinski definition) is 2. The van der Waals surface area contributed by atoms with Crippen LogP contribution in [0.15, 0.2) is 18.2 Å². The fourth-order valence-corrected chi connectivity index (χ4v) is 2.24. The van der Waals surface area contributed by atoms with Gasteiger partial charge in [0.2, 0.25) is 0 Å². The molecule has 1 aromatic carbocycles. The Balaban J connectivity index is 2.30. The quantitative estimate of drug-likeness (QED) is 0.828. The molecule has 4 heteroatoms. The van der Waals surface area contributed by atoms with E-state index in [1.54, 1.807) is 13.2 Å². The number of aryl methyl sites for hydroxylation is 1. The molecular weight excluding hydrogens is 233 g/mol. The number of benzene rings is 1. The monoisotopic (exact) mass is 251 g/mol. The van der Waals surface area contributed by atoms with Crippen molar-refractivity contribution in [1.82, 2.24) is 4.57 Å². The molecule has 98 valence electrons. The summed E-state index contributed by atoms with van der Waals surface area (Å²) in [5, 5.41) is 10.7. The maximum Gasteiger partial charge on any atom is 0.144 e. The van der Waals surface area contributed by atoms with Crippen molar-refractivity contribution in [2.75, 3.05) is 13.7 Å². The summed E-state index contributed by atoms with van der Waals surface area (Å²) in [6, 6.07) is 4.47. The molecular formula is C14H18FNO2. The van der Waals surface area contributed by atoms with E-state index in [4.69, 9.17) is 4.74 Å². The molecule has 18 heavy (non-hydrogen) atoms. The van der Waals surface area contributed by atoms with Gasteiger partial charge in [0.1, 0.15) is 11.6 Å². The average molecular weight is 251 g/mol. The van der Waals surface area contributed by atoms with Crippen LogP contribution in [0.5, 0.6) is 5.75 Å². The van der Waals surface area contributed by atoms with Crippen LogP contribution >= 0.6 is 0 Å². The molecule has 0 radical (unpaired) electrons. The van der Waals surface area contributed by atoms with E-state index in [2.05, 4.69) is 0 Å². The summed E-state index contributed by atoms with van der Waals surface area (Å²) < 4.78 is 20.3. The van der Waals surface area contributed by atoms with E-state index >= 15 is 0 Å². The van der Waals surface area contributed by atoms with Crippen LogP contribution in [0, 0.1) is 12.7 Å². The number of halogens is 1. The largest absolute Gasteiger partial charge is 0.505 e. The van der Waals surface area contributed by atoms with Crippen molar-refractivity contribution in [1.29, 1.82) is 0 Å². The zero-order chi connectivity index (χ0) is 13.1. The molecule has 0 saturated heterocycles. The van der Waals surface area contributed by atoms with Crippen molar-refractivity contribution in [3.8, 4) is 5.75 Å². The van der Waals surface area contributed by atoms with Gasteiger partial charge in [0, 0.05) is 25.6 Å². The minimum absolute atomic E-state index is 0.247.